The Morgan fingerprint density at radius 2 is 0.585 bits per heavy atom. The second-order valence-corrected chi connectivity index (χ2v) is 10.5. The molecule has 16 nitrogen and oxygen atoms in total. The largest absolute Gasteiger partial charge is 0.480 e. The molecule has 0 aliphatic carbocycles. The average Bonchev–Trinajstić information content (AvgIpc) is 2.83. The molecule has 0 amide bonds. The summed E-state index contributed by atoms with van der Waals surface area (Å²) in [7, 11) is 0. The third kappa shape index (κ3) is 17.5. The lowest BCUT2D eigenvalue weighted by Gasteiger charge is -2.34. The minimum atomic E-state index is -1.09. The molecule has 1 aliphatic rings. The molecule has 236 valence electrons. The van der Waals surface area contributed by atoms with Crippen LogP contribution in [0.3, 0.4) is 0 Å². The van der Waals surface area contributed by atoms with E-state index in [1.807, 2.05) is 13.8 Å². The van der Waals surface area contributed by atoms with Crippen molar-refractivity contribution < 1.29 is 49.5 Å². The molecule has 5 N–H and O–H groups in total. The van der Waals surface area contributed by atoms with E-state index in [2.05, 4.69) is 4.90 Å². The molecular formula is C25H46N6O10. The number of aliphatic carboxylic acids is 5. The molecule has 1 fully saturated rings. The van der Waals surface area contributed by atoms with Gasteiger partial charge in [0.15, 0.2) is 0 Å². The first kappa shape index (κ1) is 36.1. The second-order valence-electron chi connectivity index (χ2n) is 10.5. The van der Waals surface area contributed by atoms with Crippen LogP contribution in [0.25, 0.3) is 0 Å². The molecule has 0 unspecified atom stereocenters. The fourth-order valence-electron chi connectivity index (χ4n) is 4.61. The second kappa shape index (κ2) is 19.3. The molecular weight excluding hydrogens is 544 g/mol. The predicted octanol–water partition coefficient (Wildman–Crippen LogP) is -2.36. The van der Waals surface area contributed by atoms with Gasteiger partial charge < -0.3 is 25.5 Å². The Kier molecular flexibility index (Phi) is 17.0. The zero-order valence-electron chi connectivity index (χ0n) is 24.1. The molecule has 0 spiro atoms. The molecule has 16 heteroatoms. The van der Waals surface area contributed by atoms with Crippen LogP contribution in [0.4, 0.5) is 0 Å². The highest BCUT2D eigenvalue weighted by molar-refractivity contribution is 5.70. The number of carboxylic acid groups (broad SMARTS) is 5. The van der Waals surface area contributed by atoms with Crippen molar-refractivity contribution in [1.29, 1.82) is 0 Å². The van der Waals surface area contributed by atoms with E-state index >= 15 is 0 Å². The van der Waals surface area contributed by atoms with Gasteiger partial charge in [-0.25, -0.2) is 0 Å². The fourth-order valence-corrected chi connectivity index (χ4v) is 4.61. The van der Waals surface area contributed by atoms with Gasteiger partial charge in [-0.05, 0) is 13.8 Å². The molecule has 0 aromatic rings. The molecule has 1 saturated heterocycles. The Morgan fingerprint density at radius 3 is 0.732 bits per heavy atom. The van der Waals surface area contributed by atoms with Crippen LogP contribution in [0.2, 0.25) is 0 Å². The Hall–Kier alpha value is -2.89. The van der Waals surface area contributed by atoms with E-state index in [9.17, 15) is 49.5 Å². The Balaban J connectivity index is 3.25. The third-order valence-corrected chi connectivity index (χ3v) is 6.86. The molecule has 0 aromatic heterocycles. The van der Waals surface area contributed by atoms with Crippen LogP contribution in [0, 0.1) is 0 Å². The molecule has 0 aromatic carbocycles. The van der Waals surface area contributed by atoms with Crippen molar-refractivity contribution in [3.05, 3.63) is 0 Å². The summed E-state index contributed by atoms with van der Waals surface area (Å²) in [5.74, 6) is -5.24. The van der Waals surface area contributed by atoms with Crippen molar-refractivity contribution in [2.24, 2.45) is 0 Å². The number of rotatable bonds is 11. The van der Waals surface area contributed by atoms with Gasteiger partial charge in [-0.2, -0.15) is 0 Å². The van der Waals surface area contributed by atoms with E-state index in [1.54, 1.807) is 24.5 Å². The number of hydrogen-bond donors (Lipinski definition) is 5. The number of hydrogen-bond acceptors (Lipinski definition) is 11. The van der Waals surface area contributed by atoms with Crippen molar-refractivity contribution >= 4 is 29.8 Å². The smallest absolute Gasteiger partial charge is 0.317 e. The maximum absolute atomic E-state index is 11.5. The van der Waals surface area contributed by atoms with Gasteiger partial charge in [0.2, 0.25) is 0 Å². The van der Waals surface area contributed by atoms with Gasteiger partial charge in [0.1, 0.15) is 0 Å². The van der Waals surface area contributed by atoms with E-state index in [-0.39, 0.29) is 91.1 Å². The van der Waals surface area contributed by atoms with E-state index in [4.69, 9.17) is 0 Å². The Bertz CT molecular complexity index is 805. The lowest BCUT2D eigenvalue weighted by atomic mass is 10.2. The van der Waals surface area contributed by atoms with Crippen LogP contribution >= 0.6 is 0 Å². The summed E-state index contributed by atoms with van der Waals surface area (Å²) in [6.45, 7) is 6.24. The topological polar surface area (TPSA) is 206 Å². The van der Waals surface area contributed by atoms with Crippen LogP contribution < -0.4 is 0 Å². The summed E-state index contributed by atoms with van der Waals surface area (Å²) in [4.78, 5) is 68.0. The normalized spacial score (nSPS) is 19.9. The number of carboxylic acids is 5. The van der Waals surface area contributed by atoms with Crippen molar-refractivity contribution in [1.82, 2.24) is 29.4 Å². The van der Waals surface area contributed by atoms with Crippen LogP contribution in [-0.4, -0.2) is 202 Å². The SMILES string of the molecule is CC(C)N1CCN(CC(=O)O)CCN(CC(=O)O)CCN(CC(=O)O)CCN(CC(=O)O)CCN(CC(=O)O)CC1. The van der Waals surface area contributed by atoms with Crippen molar-refractivity contribution in [2.75, 3.05) is 111 Å². The van der Waals surface area contributed by atoms with Crippen molar-refractivity contribution in [3.63, 3.8) is 0 Å². The van der Waals surface area contributed by atoms with E-state index in [0.29, 0.717) is 26.2 Å². The molecule has 41 heavy (non-hydrogen) atoms. The highest BCUT2D eigenvalue weighted by Gasteiger charge is 2.21. The quantitative estimate of drug-likeness (QED) is 0.171. The van der Waals surface area contributed by atoms with Crippen LogP contribution in [0.15, 0.2) is 0 Å². The maximum Gasteiger partial charge on any atom is 0.317 e. The lowest BCUT2D eigenvalue weighted by molar-refractivity contribution is -0.141. The summed E-state index contributed by atoms with van der Waals surface area (Å²) in [5.41, 5.74) is 0. The first-order valence-electron chi connectivity index (χ1n) is 13.7. The monoisotopic (exact) mass is 590 g/mol. The average molecular weight is 591 g/mol. The van der Waals surface area contributed by atoms with Crippen LogP contribution in [-0.2, 0) is 24.0 Å². The lowest BCUT2D eigenvalue weighted by Crippen LogP contribution is -2.49. The van der Waals surface area contributed by atoms with Gasteiger partial charge in [-0.15, -0.1) is 0 Å². The van der Waals surface area contributed by atoms with Gasteiger partial charge in [0, 0.05) is 84.6 Å². The van der Waals surface area contributed by atoms with Gasteiger partial charge >= 0.3 is 29.8 Å². The molecule has 1 aliphatic heterocycles. The standard InChI is InChI=1S/C25H46N6O10/c1-20(2)31-13-11-29(18-24(38)39)9-7-27(16-22(34)35)5-3-26(15-21(32)33)4-6-28(17-23(36)37)8-10-30(12-14-31)19-25(40)41/h20H,3-19H2,1-2H3,(H,32,33)(H,34,35)(H,36,37)(H,38,39)(H,40,41). The van der Waals surface area contributed by atoms with E-state index in [0.717, 1.165) is 0 Å². The fraction of sp³-hybridized carbons (Fsp3) is 0.800. The first-order valence-corrected chi connectivity index (χ1v) is 13.7. The third-order valence-electron chi connectivity index (χ3n) is 6.86. The van der Waals surface area contributed by atoms with Gasteiger partial charge in [0.05, 0.1) is 32.7 Å². The first-order chi connectivity index (χ1) is 19.2. The predicted molar refractivity (Wildman–Crippen MR) is 147 cm³/mol. The van der Waals surface area contributed by atoms with E-state index < -0.39 is 29.8 Å². The number of carbonyl (C=O) groups is 5. The number of nitrogens with zero attached hydrogens (tertiary/aromatic N) is 6. The zero-order valence-corrected chi connectivity index (χ0v) is 24.1. The minimum absolute atomic E-state index is 0.0891. The highest BCUT2D eigenvalue weighted by Crippen LogP contribution is 2.04. The van der Waals surface area contributed by atoms with Crippen molar-refractivity contribution in [2.45, 2.75) is 19.9 Å². The molecule has 0 atom stereocenters. The maximum atomic E-state index is 11.5. The molecule has 0 radical (unpaired) electrons. The highest BCUT2D eigenvalue weighted by atomic mass is 16.4. The van der Waals surface area contributed by atoms with Gasteiger partial charge in [-0.1, -0.05) is 0 Å². The summed E-state index contributed by atoms with van der Waals surface area (Å²) in [5, 5.41) is 47.1. The molecule has 0 bridgehead atoms. The summed E-state index contributed by atoms with van der Waals surface area (Å²) in [6, 6.07) is 0.0891. The Labute approximate surface area is 240 Å². The summed E-state index contributed by atoms with van der Waals surface area (Å²) < 4.78 is 0. The molecule has 1 rings (SSSR count). The van der Waals surface area contributed by atoms with Crippen LogP contribution in [0.1, 0.15) is 13.8 Å². The minimum Gasteiger partial charge on any atom is -0.480 e. The van der Waals surface area contributed by atoms with E-state index in [1.165, 1.54) is 0 Å². The van der Waals surface area contributed by atoms with Gasteiger partial charge in [-0.3, -0.25) is 53.4 Å². The molecule has 1 heterocycles. The Morgan fingerprint density at radius 1 is 0.415 bits per heavy atom. The van der Waals surface area contributed by atoms with Crippen LogP contribution in [0.5, 0.6) is 0 Å². The molecule has 0 saturated carbocycles. The van der Waals surface area contributed by atoms with Gasteiger partial charge in [0.25, 0.3) is 0 Å². The summed E-state index contributed by atoms with van der Waals surface area (Å²) >= 11 is 0. The summed E-state index contributed by atoms with van der Waals surface area (Å²) in [6.07, 6.45) is 0. The zero-order chi connectivity index (χ0) is 30.9. The van der Waals surface area contributed by atoms with Crippen molar-refractivity contribution in [3.8, 4) is 0 Å².